The van der Waals surface area contributed by atoms with E-state index in [9.17, 15) is 9.18 Å². The number of aromatic nitrogens is 5. The maximum atomic E-state index is 13.3. The van der Waals surface area contributed by atoms with Gasteiger partial charge in [-0.2, -0.15) is 0 Å². The summed E-state index contributed by atoms with van der Waals surface area (Å²) in [6, 6.07) is 12.5. The summed E-state index contributed by atoms with van der Waals surface area (Å²) in [7, 11) is 0. The minimum Gasteiger partial charge on any atom is -0.377 e. The predicted molar refractivity (Wildman–Crippen MR) is 130 cm³/mol. The van der Waals surface area contributed by atoms with E-state index in [4.69, 9.17) is 4.74 Å². The number of aromatic amines is 1. The van der Waals surface area contributed by atoms with E-state index in [1.54, 1.807) is 16.8 Å². The number of H-pyrrole nitrogens is 1. The lowest BCUT2D eigenvalue weighted by atomic mass is 10.0. The van der Waals surface area contributed by atoms with Crippen molar-refractivity contribution in [3.63, 3.8) is 0 Å². The van der Waals surface area contributed by atoms with E-state index in [1.165, 1.54) is 12.1 Å². The number of tetrazole rings is 1. The molecule has 2 aromatic heterocycles. The summed E-state index contributed by atoms with van der Waals surface area (Å²) in [6.45, 7) is 6.84. The molecule has 0 radical (unpaired) electrons. The topological polar surface area (TPSA) is 88.9 Å². The number of benzene rings is 2. The van der Waals surface area contributed by atoms with Crippen molar-refractivity contribution < 1.29 is 9.13 Å². The summed E-state index contributed by atoms with van der Waals surface area (Å²) in [6.07, 6.45) is 2.14. The molecule has 0 saturated carbocycles. The van der Waals surface area contributed by atoms with Crippen molar-refractivity contribution in [1.82, 2.24) is 30.1 Å². The SMILES string of the molecule is Cc1cc(C)c2[nH]c(=O)c(CN(Cc3nnnn3Cc3ccc(F)cc3)CC3CCCO3)cc2c1. The average Bonchev–Trinajstić information content (AvgIpc) is 3.49. The standard InChI is InChI=1S/C26H29FN6O2/c1-17-10-18(2)25-20(11-17)12-21(26(34)28-25)14-32(15-23-4-3-9-35-23)16-24-29-30-31-33(24)13-19-5-7-22(27)8-6-19/h5-8,10-12,23H,3-4,9,13-16H2,1-2H3,(H,28,34). The first kappa shape index (κ1) is 23.3. The second-order valence-corrected chi connectivity index (χ2v) is 9.35. The summed E-state index contributed by atoms with van der Waals surface area (Å²) in [5.74, 6) is 0.399. The molecule has 0 spiro atoms. The number of ether oxygens (including phenoxy) is 1. The number of pyridine rings is 1. The van der Waals surface area contributed by atoms with Crippen molar-refractivity contribution in [2.75, 3.05) is 13.2 Å². The van der Waals surface area contributed by atoms with E-state index in [-0.39, 0.29) is 17.5 Å². The zero-order valence-electron chi connectivity index (χ0n) is 20.0. The summed E-state index contributed by atoms with van der Waals surface area (Å²) >= 11 is 0. The van der Waals surface area contributed by atoms with Crippen LogP contribution >= 0.6 is 0 Å². The Bertz CT molecular complexity index is 1380. The molecule has 8 nitrogen and oxygen atoms in total. The number of hydrogen-bond acceptors (Lipinski definition) is 6. The molecule has 182 valence electrons. The molecule has 3 heterocycles. The van der Waals surface area contributed by atoms with Crippen LogP contribution in [-0.4, -0.2) is 49.3 Å². The van der Waals surface area contributed by atoms with Crippen molar-refractivity contribution in [2.24, 2.45) is 0 Å². The Labute approximate surface area is 202 Å². The van der Waals surface area contributed by atoms with Gasteiger partial charge in [0.15, 0.2) is 5.82 Å². The molecule has 35 heavy (non-hydrogen) atoms. The highest BCUT2D eigenvalue weighted by Gasteiger charge is 2.22. The maximum absolute atomic E-state index is 13.3. The average molecular weight is 477 g/mol. The number of hydrogen-bond donors (Lipinski definition) is 1. The molecular formula is C26H29FN6O2. The molecule has 0 bridgehead atoms. The number of halogens is 1. The lowest BCUT2D eigenvalue weighted by Crippen LogP contribution is -2.34. The van der Waals surface area contributed by atoms with Crippen molar-refractivity contribution in [1.29, 1.82) is 0 Å². The molecule has 9 heteroatoms. The summed E-state index contributed by atoms with van der Waals surface area (Å²) in [5, 5.41) is 13.3. The summed E-state index contributed by atoms with van der Waals surface area (Å²) in [5.41, 5.74) is 4.59. The van der Waals surface area contributed by atoms with E-state index >= 15 is 0 Å². The van der Waals surface area contributed by atoms with Crippen molar-refractivity contribution in [3.8, 4) is 0 Å². The highest BCUT2D eigenvalue weighted by Crippen LogP contribution is 2.20. The van der Waals surface area contributed by atoms with Gasteiger partial charge >= 0.3 is 0 Å². The van der Waals surface area contributed by atoms with Gasteiger partial charge < -0.3 is 9.72 Å². The summed E-state index contributed by atoms with van der Waals surface area (Å²) < 4.78 is 20.9. The molecule has 1 aliphatic heterocycles. The molecule has 4 aromatic rings. The predicted octanol–water partition coefficient (Wildman–Crippen LogP) is 3.50. The Morgan fingerprint density at radius 2 is 2.00 bits per heavy atom. The van der Waals surface area contributed by atoms with Gasteiger partial charge in [-0.3, -0.25) is 9.69 Å². The van der Waals surface area contributed by atoms with Crippen molar-refractivity contribution in [3.05, 3.63) is 86.7 Å². The van der Waals surface area contributed by atoms with Gasteiger partial charge in [0, 0.05) is 25.3 Å². The van der Waals surface area contributed by atoms with E-state index in [0.29, 0.717) is 37.6 Å². The van der Waals surface area contributed by atoms with Crippen LogP contribution in [0, 0.1) is 19.7 Å². The van der Waals surface area contributed by atoms with Gasteiger partial charge in [-0.1, -0.05) is 23.8 Å². The van der Waals surface area contributed by atoms with Crippen LogP contribution in [-0.2, 0) is 24.4 Å². The second kappa shape index (κ2) is 10.1. The van der Waals surface area contributed by atoms with Gasteiger partial charge in [-0.25, -0.2) is 9.07 Å². The van der Waals surface area contributed by atoms with Crippen LogP contribution < -0.4 is 5.56 Å². The third kappa shape index (κ3) is 5.47. The number of aryl methyl sites for hydroxylation is 2. The minimum atomic E-state index is -0.278. The highest BCUT2D eigenvalue weighted by atomic mass is 19.1. The molecule has 2 aromatic carbocycles. The van der Waals surface area contributed by atoms with Crippen LogP contribution in [0.3, 0.4) is 0 Å². The molecule has 1 unspecified atom stereocenters. The van der Waals surface area contributed by atoms with Crippen LogP contribution in [0.25, 0.3) is 10.9 Å². The Hall–Kier alpha value is -3.43. The van der Waals surface area contributed by atoms with Crippen LogP contribution in [0.2, 0.25) is 0 Å². The monoisotopic (exact) mass is 476 g/mol. The molecule has 0 amide bonds. The zero-order chi connectivity index (χ0) is 24.4. The number of nitrogens with one attached hydrogen (secondary N) is 1. The van der Waals surface area contributed by atoms with E-state index in [0.717, 1.165) is 47.0 Å². The number of fused-ring (bicyclic) bond motifs is 1. The Morgan fingerprint density at radius 1 is 1.17 bits per heavy atom. The molecule has 1 N–H and O–H groups in total. The Balaban J connectivity index is 1.41. The molecule has 1 atom stereocenters. The number of rotatable bonds is 8. The quantitative estimate of drug-likeness (QED) is 0.419. The fourth-order valence-corrected chi connectivity index (χ4v) is 4.77. The van der Waals surface area contributed by atoms with Gasteiger partial charge in [0.25, 0.3) is 5.56 Å². The second-order valence-electron chi connectivity index (χ2n) is 9.35. The zero-order valence-corrected chi connectivity index (χ0v) is 20.0. The van der Waals surface area contributed by atoms with E-state index in [2.05, 4.69) is 44.5 Å². The van der Waals surface area contributed by atoms with Gasteiger partial charge in [0.2, 0.25) is 0 Å². The third-order valence-corrected chi connectivity index (χ3v) is 6.47. The third-order valence-electron chi connectivity index (χ3n) is 6.47. The first-order chi connectivity index (χ1) is 16.9. The highest BCUT2D eigenvalue weighted by molar-refractivity contribution is 5.82. The minimum absolute atomic E-state index is 0.0901. The Morgan fingerprint density at radius 3 is 2.77 bits per heavy atom. The van der Waals surface area contributed by atoms with Crippen LogP contribution in [0.15, 0.2) is 47.3 Å². The van der Waals surface area contributed by atoms with Gasteiger partial charge in [0.05, 0.1) is 24.7 Å². The fourth-order valence-electron chi connectivity index (χ4n) is 4.77. The van der Waals surface area contributed by atoms with Crippen LogP contribution in [0.5, 0.6) is 0 Å². The van der Waals surface area contributed by atoms with Crippen molar-refractivity contribution in [2.45, 2.75) is 52.4 Å². The molecule has 1 saturated heterocycles. The molecule has 1 aliphatic rings. The summed E-state index contributed by atoms with van der Waals surface area (Å²) in [4.78, 5) is 18.2. The first-order valence-electron chi connectivity index (χ1n) is 11.9. The first-order valence-corrected chi connectivity index (χ1v) is 11.9. The largest absolute Gasteiger partial charge is 0.377 e. The Kier molecular flexibility index (Phi) is 6.70. The number of nitrogens with zero attached hydrogens (tertiary/aromatic N) is 5. The molecular weight excluding hydrogens is 447 g/mol. The molecule has 1 fully saturated rings. The van der Waals surface area contributed by atoms with Crippen LogP contribution in [0.4, 0.5) is 4.39 Å². The lowest BCUT2D eigenvalue weighted by molar-refractivity contribution is 0.0663. The van der Waals surface area contributed by atoms with Gasteiger partial charge in [0.1, 0.15) is 5.82 Å². The molecule has 0 aliphatic carbocycles. The van der Waals surface area contributed by atoms with E-state index < -0.39 is 0 Å². The maximum Gasteiger partial charge on any atom is 0.252 e. The van der Waals surface area contributed by atoms with Crippen molar-refractivity contribution >= 4 is 10.9 Å². The van der Waals surface area contributed by atoms with E-state index in [1.807, 2.05) is 13.0 Å². The van der Waals surface area contributed by atoms with Crippen LogP contribution in [0.1, 0.15) is 40.9 Å². The smallest absolute Gasteiger partial charge is 0.252 e. The lowest BCUT2D eigenvalue weighted by Gasteiger charge is -2.24. The molecule has 5 rings (SSSR count). The fraction of sp³-hybridized carbons (Fsp3) is 0.385. The van der Waals surface area contributed by atoms with Gasteiger partial charge in [-0.15, -0.1) is 5.10 Å². The normalized spacial score (nSPS) is 15.9. The van der Waals surface area contributed by atoms with Gasteiger partial charge in [-0.05, 0) is 77.9 Å².